The van der Waals surface area contributed by atoms with Crippen LogP contribution >= 0.6 is 0 Å². The van der Waals surface area contributed by atoms with Crippen molar-refractivity contribution in [3.8, 4) is 56.2 Å². The van der Waals surface area contributed by atoms with Crippen molar-refractivity contribution < 1.29 is 4.42 Å². The van der Waals surface area contributed by atoms with Gasteiger partial charge in [-0.25, -0.2) is 9.97 Å². The van der Waals surface area contributed by atoms with Gasteiger partial charge in [0.05, 0.1) is 11.4 Å². The van der Waals surface area contributed by atoms with Gasteiger partial charge in [-0.1, -0.05) is 152 Å². The Morgan fingerprint density at radius 2 is 0.922 bits per heavy atom. The Labute approximate surface area is 295 Å². The molecule has 0 aliphatic heterocycles. The van der Waals surface area contributed by atoms with E-state index in [0.717, 1.165) is 66.5 Å². The monoisotopic (exact) mass is 650 g/mol. The van der Waals surface area contributed by atoms with E-state index in [0.29, 0.717) is 5.82 Å². The largest absolute Gasteiger partial charge is 0.455 e. The van der Waals surface area contributed by atoms with Crippen molar-refractivity contribution in [3.05, 3.63) is 182 Å². The highest BCUT2D eigenvalue weighted by Crippen LogP contribution is 2.41. The molecule has 3 heteroatoms. The van der Waals surface area contributed by atoms with Gasteiger partial charge >= 0.3 is 0 Å². The Balaban J connectivity index is 1.07. The average Bonchev–Trinajstić information content (AvgIpc) is 3.59. The number of rotatable bonds is 5. The molecular weight excluding hydrogens is 621 g/mol. The first-order valence-electron chi connectivity index (χ1n) is 17.2. The van der Waals surface area contributed by atoms with Gasteiger partial charge in [-0.05, 0) is 68.7 Å². The zero-order valence-corrected chi connectivity index (χ0v) is 27.6. The van der Waals surface area contributed by atoms with Crippen molar-refractivity contribution in [2.75, 3.05) is 0 Å². The molecule has 10 rings (SSSR count). The molecule has 0 aliphatic carbocycles. The summed E-state index contributed by atoms with van der Waals surface area (Å²) in [6, 6.07) is 63.9. The van der Waals surface area contributed by atoms with Crippen LogP contribution < -0.4 is 0 Å². The summed E-state index contributed by atoms with van der Waals surface area (Å²) in [6.45, 7) is 0. The van der Waals surface area contributed by atoms with E-state index in [-0.39, 0.29) is 0 Å². The maximum absolute atomic E-state index is 6.58. The summed E-state index contributed by atoms with van der Waals surface area (Å²) in [5.41, 5.74) is 11.4. The second-order valence-electron chi connectivity index (χ2n) is 13.0. The molecule has 238 valence electrons. The van der Waals surface area contributed by atoms with Crippen molar-refractivity contribution >= 4 is 43.5 Å². The lowest BCUT2D eigenvalue weighted by atomic mass is 9.93. The van der Waals surface area contributed by atoms with Crippen LogP contribution in [0.3, 0.4) is 0 Å². The van der Waals surface area contributed by atoms with Gasteiger partial charge in [-0.15, -0.1) is 0 Å². The van der Waals surface area contributed by atoms with Gasteiger partial charge in [-0.3, -0.25) is 0 Å². The average molecular weight is 651 g/mol. The summed E-state index contributed by atoms with van der Waals surface area (Å²) in [4.78, 5) is 9.97. The Morgan fingerprint density at radius 3 is 1.69 bits per heavy atom. The molecule has 0 radical (unpaired) electrons. The zero-order chi connectivity index (χ0) is 33.7. The first-order chi connectivity index (χ1) is 25.2. The van der Waals surface area contributed by atoms with Gasteiger partial charge in [0.2, 0.25) is 0 Å². The quantitative estimate of drug-likeness (QED) is 0.186. The summed E-state index contributed by atoms with van der Waals surface area (Å²) in [7, 11) is 0. The number of fused-ring (bicyclic) bond motifs is 6. The Kier molecular flexibility index (Phi) is 6.81. The predicted molar refractivity (Wildman–Crippen MR) is 212 cm³/mol. The lowest BCUT2D eigenvalue weighted by Gasteiger charge is -2.10. The van der Waals surface area contributed by atoms with E-state index in [1.165, 1.54) is 27.3 Å². The zero-order valence-electron chi connectivity index (χ0n) is 27.6. The molecule has 51 heavy (non-hydrogen) atoms. The Morgan fingerprint density at radius 1 is 0.333 bits per heavy atom. The van der Waals surface area contributed by atoms with Crippen LogP contribution in [-0.2, 0) is 0 Å². The Hall–Kier alpha value is -6.84. The van der Waals surface area contributed by atoms with E-state index in [2.05, 4.69) is 146 Å². The topological polar surface area (TPSA) is 38.9 Å². The van der Waals surface area contributed by atoms with Crippen LogP contribution in [0.15, 0.2) is 186 Å². The number of hydrogen-bond donors (Lipinski definition) is 0. The molecule has 0 spiro atoms. The molecule has 0 saturated carbocycles. The SMILES string of the molecule is c1ccc(-c2cc(-c3ccc(-c4ccc5oc6c7ccccc7c(-c7ccc8ccccc8c7)cc6c5c4)cc3)nc(-c3ccccc3)n2)cc1. The van der Waals surface area contributed by atoms with Crippen molar-refractivity contribution in [1.82, 2.24) is 9.97 Å². The van der Waals surface area contributed by atoms with Crippen molar-refractivity contribution in [2.45, 2.75) is 0 Å². The van der Waals surface area contributed by atoms with Crippen LogP contribution in [0, 0.1) is 0 Å². The fraction of sp³-hybridized carbons (Fsp3) is 0. The van der Waals surface area contributed by atoms with Gasteiger partial charge in [0.15, 0.2) is 5.82 Å². The molecule has 0 fully saturated rings. The molecule has 0 bridgehead atoms. The Bertz CT molecular complexity index is 2830. The van der Waals surface area contributed by atoms with Gasteiger partial charge in [-0.2, -0.15) is 0 Å². The highest BCUT2D eigenvalue weighted by Gasteiger charge is 2.16. The lowest BCUT2D eigenvalue weighted by molar-refractivity contribution is 0.673. The summed E-state index contributed by atoms with van der Waals surface area (Å²) in [5.74, 6) is 0.712. The molecule has 0 N–H and O–H groups in total. The van der Waals surface area contributed by atoms with Crippen LogP contribution in [0.4, 0.5) is 0 Å². The highest BCUT2D eigenvalue weighted by atomic mass is 16.3. The minimum Gasteiger partial charge on any atom is -0.455 e. The van der Waals surface area contributed by atoms with Gasteiger partial charge < -0.3 is 4.42 Å². The molecule has 10 aromatic rings. The van der Waals surface area contributed by atoms with Gasteiger partial charge in [0.25, 0.3) is 0 Å². The fourth-order valence-corrected chi connectivity index (χ4v) is 7.28. The summed E-state index contributed by atoms with van der Waals surface area (Å²) < 4.78 is 6.58. The van der Waals surface area contributed by atoms with Crippen molar-refractivity contribution in [3.63, 3.8) is 0 Å². The summed E-state index contributed by atoms with van der Waals surface area (Å²) in [5, 5.41) is 7.00. The molecule has 2 heterocycles. The number of benzene rings is 8. The predicted octanol–water partition coefficient (Wildman–Crippen LogP) is 13.0. The third-order valence-corrected chi connectivity index (χ3v) is 9.88. The van der Waals surface area contributed by atoms with E-state index >= 15 is 0 Å². The maximum Gasteiger partial charge on any atom is 0.160 e. The first-order valence-corrected chi connectivity index (χ1v) is 17.2. The van der Waals surface area contributed by atoms with Crippen LogP contribution in [-0.4, -0.2) is 9.97 Å². The normalized spacial score (nSPS) is 11.5. The van der Waals surface area contributed by atoms with E-state index in [9.17, 15) is 0 Å². The first kappa shape index (κ1) is 29.1. The minimum atomic E-state index is 0.712. The summed E-state index contributed by atoms with van der Waals surface area (Å²) >= 11 is 0. The number of nitrogens with zero attached hydrogens (tertiary/aromatic N) is 2. The molecule has 8 aromatic carbocycles. The van der Waals surface area contributed by atoms with Crippen molar-refractivity contribution in [2.24, 2.45) is 0 Å². The molecule has 0 aliphatic rings. The molecule has 0 atom stereocenters. The number of aromatic nitrogens is 2. The molecule has 0 amide bonds. The molecule has 0 unspecified atom stereocenters. The molecule has 2 aromatic heterocycles. The molecular formula is C48H30N2O. The van der Waals surface area contributed by atoms with E-state index in [1.54, 1.807) is 0 Å². The number of furan rings is 1. The minimum absolute atomic E-state index is 0.712. The van der Waals surface area contributed by atoms with Crippen molar-refractivity contribution in [1.29, 1.82) is 0 Å². The standard InChI is InChI=1S/C48H30N2O/c1-3-12-33(13-4-1)44-30-45(50-48(49-44)35-14-5-2-6-15-35)34-22-19-32(20-23-34)37-25-26-46-42(28-37)43-29-41(39-17-9-10-18-40(39)47(43)51-46)38-24-21-31-11-7-8-16-36(31)27-38/h1-30H. The smallest absolute Gasteiger partial charge is 0.160 e. The van der Waals surface area contributed by atoms with Crippen LogP contribution in [0.1, 0.15) is 0 Å². The summed E-state index contributed by atoms with van der Waals surface area (Å²) in [6.07, 6.45) is 0. The van der Waals surface area contributed by atoms with E-state index in [4.69, 9.17) is 14.4 Å². The molecule has 0 saturated heterocycles. The van der Waals surface area contributed by atoms with Crippen LogP contribution in [0.25, 0.3) is 99.6 Å². The van der Waals surface area contributed by atoms with E-state index in [1.807, 2.05) is 36.4 Å². The fourth-order valence-electron chi connectivity index (χ4n) is 7.28. The third kappa shape index (κ3) is 5.15. The molecule has 3 nitrogen and oxygen atoms in total. The second-order valence-corrected chi connectivity index (χ2v) is 13.0. The number of hydrogen-bond acceptors (Lipinski definition) is 3. The maximum atomic E-state index is 6.58. The third-order valence-electron chi connectivity index (χ3n) is 9.88. The second kappa shape index (κ2) is 11.9. The lowest BCUT2D eigenvalue weighted by Crippen LogP contribution is -1.95. The van der Waals surface area contributed by atoms with Gasteiger partial charge in [0.1, 0.15) is 11.2 Å². The van der Waals surface area contributed by atoms with Crippen LogP contribution in [0.2, 0.25) is 0 Å². The highest BCUT2D eigenvalue weighted by molar-refractivity contribution is 6.19. The van der Waals surface area contributed by atoms with E-state index < -0.39 is 0 Å². The van der Waals surface area contributed by atoms with Crippen LogP contribution in [0.5, 0.6) is 0 Å². The van der Waals surface area contributed by atoms with Gasteiger partial charge in [0, 0.05) is 32.8 Å².